The van der Waals surface area contributed by atoms with Gasteiger partial charge in [-0.25, -0.2) is 4.79 Å². The molecular formula is C54H72F2N2O15+2. The topological polar surface area (TPSA) is 154 Å². The van der Waals surface area contributed by atoms with E-state index < -0.39 is 24.3 Å². The first kappa shape index (κ1) is 55.7. The lowest BCUT2D eigenvalue weighted by atomic mass is 9.85. The molecule has 0 bridgehead atoms. The summed E-state index contributed by atoms with van der Waals surface area (Å²) in [7, 11) is 21.3. The number of methoxy groups -OCH3 is 11. The number of benzene rings is 4. The van der Waals surface area contributed by atoms with Crippen LogP contribution in [0.15, 0.2) is 42.5 Å². The highest BCUT2D eigenvalue weighted by molar-refractivity contribution is 5.84. The molecule has 2 aliphatic rings. The number of halogens is 2. The maximum absolute atomic E-state index is 15.4. The number of hydrogen-bond donors (Lipinski definition) is 0. The number of nitrogens with zero attached hydrogens (tertiary/aromatic N) is 2. The lowest BCUT2D eigenvalue weighted by molar-refractivity contribution is -0.941. The average molecular weight is 1030 g/mol. The van der Waals surface area contributed by atoms with Gasteiger partial charge in [-0.3, -0.25) is 4.79 Å². The van der Waals surface area contributed by atoms with Crippen LogP contribution in [-0.2, 0) is 38.3 Å². The molecule has 2 aliphatic heterocycles. The first-order valence-electron chi connectivity index (χ1n) is 24.0. The summed E-state index contributed by atoms with van der Waals surface area (Å²) < 4.78 is 105. The molecule has 0 amide bonds. The number of quaternary nitrogens is 2. The molecule has 19 heteroatoms. The quantitative estimate of drug-likeness (QED) is 0.0361. The van der Waals surface area contributed by atoms with Crippen molar-refractivity contribution in [3.05, 3.63) is 75.8 Å². The number of esters is 2. The molecule has 2 heterocycles. The molecule has 6 rings (SSSR count). The van der Waals surface area contributed by atoms with Crippen molar-refractivity contribution in [2.75, 3.05) is 132 Å². The van der Waals surface area contributed by atoms with Gasteiger partial charge in [0.05, 0.1) is 137 Å². The summed E-state index contributed by atoms with van der Waals surface area (Å²) in [6, 6.07) is 13.0. The van der Waals surface area contributed by atoms with Gasteiger partial charge < -0.3 is 70.5 Å². The van der Waals surface area contributed by atoms with Crippen LogP contribution >= 0.6 is 0 Å². The highest BCUT2D eigenvalue weighted by atomic mass is 19.3. The molecule has 0 aliphatic carbocycles. The number of fused-ring (bicyclic) bond motifs is 2. The summed E-state index contributed by atoms with van der Waals surface area (Å²) >= 11 is 0. The van der Waals surface area contributed by atoms with E-state index in [1.165, 1.54) is 14.2 Å². The standard InChI is InChI=1S/C54H72F2N2O15/c1-57(20-17-35-28-45(67-9)51(70-12)52(71-13)47(35)38(57)24-33-25-41(63-5)49(68-10)42(26-33)64-6)18-14-23-73-53(60)54(55,56)32-46(59)72-22-15-19-58(2)21-16-34-27-39(61-3)40(62-4)31-37(34)48(58)36-29-43(65-7)50(69-11)44(30-36)66-8/h25-31,38,48H,14-24,32H2,1-13H3/q+2/t38-,48+,57+,58-/m1/s1. The zero-order valence-electron chi connectivity index (χ0n) is 44.5. The number of ether oxygens (including phenoxy) is 13. The molecule has 17 nitrogen and oxygen atoms in total. The van der Waals surface area contributed by atoms with Crippen LogP contribution in [0.4, 0.5) is 8.78 Å². The van der Waals surface area contributed by atoms with Crippen LogP contribution in [0.5, 0.6) is 63.2 Å². The average Bonchev–Trinajstić information content (AvgIpc) is 3.39. The zero-order valence-corrected chi connectivity index (χ0v) is 44.5. The van der Waals surface area contributed by atoms with E-state index >= 15 is 8.78 Å². The van der Waals surface area contributed by atoms with E-state index in [1.54, 1.807) is 64.0 Å². The fourth-order valence-electron chi connectivity index (χ4n) is 10.6. The summed E-state index contributed by atoms with van der Waals surface area (Å²) in [5, 5.41) is 0. The molecule has 0 aromatic heterocycles. The molecule has 0 unspecified atom stereocenters. The summed E-state index contributed by atoms with van der Waals surface area (Å²) in [6.07, 6.45) is 0.903. The normalized spacial score (nSPS) is 19.1. The third-order valence-electron chi connectivity index (χ3n) is 14.3. The highest BCUT2D eigenvalue weighted by Crippen LogP contribution is 2.52. The Morgan fingerprint density at radius 2 is 0.986 bits per heavy atom. The van der Waals surface area contributed by atoms with E-state index in [1.807, 2.05) is 42.5 Å². The molecule has 0 fully saturated rings. The Morgan fingerprint density at radius 1 is 0.534 bits per heavy atom. The van der Waals surface area contributed by atoms with Crippen molar-refractivity contribution in [2.24, 2.45) is 0 Å². The van der Waals surface area contributed by atoms with Crippen LogP contribution in [0.1, 0.15) is 64.7 Å². The molecule has 0 saturated heterocycles. The lowest BCUT2D eigenvalue weighted by Gasteiger charge is -2.46. The fraction of sp³-hybridized carbons (Fsp3) is 0.519. The SMILES string of the molecule is COc1cc2c(cc1OC)[C@H](c1cc(OC)c(OC)c(OC)c1)[N@+](C)(CCCOC(=O)CC(F)(F)C(=O)OCCC[N@@+]1(C)CCc3cc(OC)c(OC)c(OC)c3[C@H]1Cc1cc(OC)c(OC)c(OC)c1)CC2. The second kappa shape index (κ2) is 24.0. The van der Waals surface area contributed by atoms with Crippen molar-refractivity contribution >= 4 is 11.9 Å². The molecule has 400 valence electrons. The van der Waals surface area contributed by atoms with Gasteiger partial charge in [-0.15, -0.1) is 0 Å². The Morgan fingerprint density at radius 3 is 1.52 bits per heavy atom. The Hall–Kier alpha value is -6.60. The molecule has 4 aromatic rings. The third kappa shape index (κ3) is 11.6. The number of carbonyl (C=O) groups excluding carboxylic acids is 2. The van der Waals surface area contributed by atoms with Gasteiger partial charge in [0.1, 0.15) is 18.5 Å². The molecule has 0 saturated carbocycles. The summed E-state index contributed by atoms with van der Waals surface area (Å²) in [4.78, 5) is 25.9. The monoisotopic (exact) mass is 1030 g/mol. The number of hydrogen-bond acceptors (Lipinski definition) is 15. The van der Waals surface area contributed by atoms with Crippen molar-refractivity contribution < 1.29 is 88.9 Å². The molecule has 4 aromatic carbocycles. The van der Waals surface area contributed by atoms with Gasteiger partial charge in [0, 0.05) is 43.2 Å². The predicted octanol–water partition coefficient (Wildman–Crippen LogP) is 7.75. The Labute approximate surface area is 427 Å². The van der Waals surface area contributed by atoms with Crippen LogP contribution in [0.25, 0.3) is 0 Å². The summed E-state index contributed by atoms with van der Waals surface area (Å²) in [6.45, 7) is 1.78. The van der Waals surface area contributed by atoms with Crippen molar-refractivity contribution in [3.63, 3.8) is 0 Å². The van der Waals surface area contributed by atoms with Crippen LogP contribution < -0.4 is 52.1 Å². The van der Waals surface area contributed by atoms with E-state index in [-0.39, 0.29) is 31.7 Å². The Kier molecular flexibility index (Phi) is 18.3. The fourth-order valence-corrected chi connectivity index (χ4v) is 10.6. The third-order valence-corrected chi connectivity index (χ3v) is 14.3. The van der Waals surface area contributed by atoms with E-state index in [2.05, 4.69) is 14.1 Å². The van der Waals surface area contributed by atoms with Gasteiger partial charge >= 0.3 is 17.9 Å². The van der Waals surface area contributed by atoms with E-state index in [4.69, 9.17) is 61.6 Å². The van der Waals surface area contributed by atoms with E-state index in [9.17, 15) is 9.59 Å². The van der Waals surface area contributed by atoms with E-state index in [0.717, 1.165) is 33.4 Å². The lowest BCUT2D eigenvalue weighted by Crippen LogP contribution is -2.53. The molecule has 73 heavy (non-hydrogen) atoms. The van der Waals surface area contributed by atoms with Crippen LogP contribution in [0, 0.1) is 0 Å². The zero-order chi connectivity index (χ0) is 53.3. The largest absolute Gasteiger partial charge is 0.493 e. The summed E-state index contributed by atoms with van der Waals surface area (Å²) in [5.41, 5.74) is 5.72. The van der Waals surface area contributed by atoms with Gasteiger partial charge in [-0.1, -0.05) is 0 Å². The molecule has 0 N–H and O–H groups in total. The molecule has 4 atom stereocenters. The number of carbonyl (C=O) groups is 2. The number of rotatable bonds is 25. The van der Waals surface area contributed by atoms with Crippen molar-refractivity contribution in [2.45, 2.75) is 56.5 Å². The van der Waals surface area contributed by atoms with Crippen LogP contribution in [0.3, 0.4) is 0 Å². The van der Waals surface area contributed by atoms with Gasteiger partial charge in [-0.05, 0) is 59.2 Å². The Balaban J connectivity index is 1.11. The first-order valence-corrected chi connectivity index (χ1v) is 24.0. The first-order chi connectivity index (χ1) is 35.0. The Bertz CT molecular complexity index is 2540. The van der Waals surface area contributed by atoms with Crippen LogP contribution in [0.2, 0.25) is 0 Å². The molecular weight excluding hydrogens is 955 g/mol. The number of likely N-dealkylation sites (N-methyl/N-ethyl adjacent to an activating group) is 2. The van der Waals surface area contributed by atoms with Crippen LogP contribution in [-0.4, -0.2) is 159 Å². The minimum Gasteiger partial charge on any atom is -0.493 e. The molecule has 0 radical (unpaired) electrons. The second-order valence-electron chi connectivity index (χ2n) is 18.5. The highest BCUT2D eigenvalue weighted by Gasteiger charge is 2.46. The smallest absolute Gasteiger partial charge is 0.377 e. The number of alkyl halides is 2. The van der Waals surface area contributed by atoms with Gasteiger partial charge in [0.15, 0.2) is 46.0 Å². The predicted molar refractivity (Wildman–Crippen MR) is 266 cm³/mol. The van der Waals surface area contributed by atoms with Crippen molar-refractivity contribution in [1.29, 1.82) is 0 Å². The van der Waals surface area contributed by atoms with Crippen molar-refractivity contribution in [3.8, 4) is 63.2 Å². The second-order valence-corrected chi connectivity index (χ2v) is 18.5. The van der Waals surface area contributed by atoms with Gasteiger partial charge in [0.2, 0.25) is 17.2 Å². The minimum absolute atomic E-state index is 0.154. The van der Waals surface area contributed by atoms with Gasteiger partial charge in [0.25, 0.3) is 0 Å². The van der Waals surface area contributed by atoms with Crippen molar-refractivity contribution in [1.82, 2.24) is 0 Å². The van der Waals surface area contributed by atoms with E-state index in [0.29, 0.717) is 124 Å². The summed E-state index contributed by atoms with van der Waals surface area (Å²) in [5.74, 6) is -1.63. The maximum Gasteiger partial charge on any atom is 0.377 e. The van der Waals surface area contributed by atoms with Gasteiger partial charge in [-0.2, -0.15) is 8.78 Å². The minimum atomic E-state index is -4.12. The molecule has 0 spiro atoms. The maximum atomic E-state index is 15.4.